The van der Waals surface area contributed by atoms with Crippen LogP contribution in [-0.4, -0.2) is 47.9 Å². The van der Waals surface area contributed by atoms with Gasteiger partial charge < -0.3 is 25.8 Å². The lowest BCUT2D eigenvalue weighted by atomic mass is 10.1. The number of aliphatic hydroxyl groups is 1. The van der Waals surface area contributed by atoms with Crippen molar-refractivity contribution in [1.82, 2.24) is 4.90 Å². The Morgan fingerprint density at radius 2 is 2.14 bits per heavy atom. The summed E-state index contributed by atoms with van der Waals surface area (Å²) in [5.41, 5.74) is 7.54. The Kier molecular flexibility index (Phi) is 5.17. The molecule has 1 fully saturated rings. The number of amides is 2. The van der Waals surface area contributed by atoms with Crippen LogP contribution in [0.3, 0.4) is 0 Å². The third kappa shape index (κ3) is 4.17. The normalized spacial score (nSPS) is 23.7. The van der Waals surface area contributed by atoms with E-state index in [1.54, 1.807) is 4.90 Å². The standard InChI is InChI=1S/C15H23N3O3/c1-10-7-18(8-14(9-19)21-10)15(20)17-13-5-3-12(4-6-13)11(2)16/h3-6,10-11,14,19H,7-9,16H2,1-2H3,(H,17,20). The average Bonchev–Trinajstić information content (AvgIpc) is 2.47. The highest BCUT2D eigenvalue weighted by atomic mass is 16.5. The number of carbonyl (C=O) groups excluding carboxylic acids is 1. The fourth-order valence-electron chi connectivity index (χ4n) is 2.38. The number of rotatable bonds is 3. The zero-order valence-electron chi connectivity index (χ0n) is 12.5. The van der Waals surface area contributed by atoms with Crippen molar-refractivity contribution in [3.63, 3.8) is 0 Å². The predicted octanol–water partition coefficient (Wildman–Crippen LogP) is 1.32. The largest absolute Gasteiger partial charge is 0.394 e. The van der Waals surface area contributed by atoms with Crippen LogP contribution in [0.15, 0.2) is 24.3 Å². The molecule has 0 radical (unpaired) electrons. The molecule has 6 heteroatoms. The molecule has 3 unspecified atom stereocenters. The van der Waals surface area contributed by atoms with Gasteiger partial charge in [-0.05, 0) is 31.5 Å². The maximum absolute atomic E-state index is 12.2. The number of carbonyl (C=O) groups is 1. The molecule has 1 aliphatic rings. The Morgan fingerprint density at radius 3 is 2.71 bits per heavy atom. The predicted molar refractivity (Wildman–Crippen MR) is 81.1 cm³/mol. The van der Waals surface area contributed by atoms with Crippen LogP contribution in [0.2, 0.25) is 0 Å². The number of morpholine rings is 1. The summed E-state index contributed by atoms with van der Waals surface area (Å²) in [5.74, 6) is 0. The van der Waals surface area contributed by atoms with Crippen molar-refractivity contribution in [1.29, 1.82) is 0 Å². The van der Waals surface area contributed by atoms with Gasteiger partial charge in [-0.1, -0.05) is 12.1 Å². The van der Waals surface area contributed by atoms with E-state index < -0.39 is 0 Å². The molecular formula is C15H23N3O3. The lowest BCUT2D eigenvalue weighted by molar-refractivity contribution is -0.0822. The number of nitrogens with two attached hydrogens (primary N) is 1. The molecule has 21 heavy (non-hydrogen) atoms. The van der Waals surface area contributed by atoms with Crippen molar-refractivity contribution in [3.8, 4) is 0 Å². The first kappa shape index (κ1) is 15.8. The Balaban J connectivity index is 1.97. The Morgan fingerprint density at radius 1 is 1.48 bits per heavy atom. The molecule has 1 saturated heterocycles. The molecule has 3 atom stereocenters. The summed E-state index contributed by atoms with van der Waals surface area (Å²) in [6.07, 6.45) is -0.401. The quantitative estimate of drug-likeness (QED) is 0.784. The second-order valence-corrected chi connectivity index (χ2v) is 5.50. The second kappa shape index (κ2) is 6.89. The van der Waals surface area contributed by atoms with Gasteiger partial charge in [0.15, 0.2) is 0 Å². The van der Waals surface area contributed by atoms with Gasteiger partial charge in [-0.15, -0.1) is 0 Å². The molecule has 2 amide bonds. The monoisotopic (exact) mass is 293 g/mol. The van der Waals surface area contributed by atoms with E-state index in [0.717, 1.165) is 11.3 Å². The first-order chi connectivity index (χ1) is 9.99. The van der Waals surface area contributed by atoms with Gasteiger partial charge in [-0.3, -0.25) is 0 Å². The number of urea groups is 1. The molecule has 1 aromatic rings. The zero-order valence-corrected chi connectivity index (χ0v) is 12.5. The van der Waals surface area contributed by atoms with E-state index in [2.05, 4.69) is 5.32 Å². The molecule has 1 heterocycles. The fourth-order valence-corrected chi connectivity index (χ4v) is 2.38. The van der Waals surface area contributed by atoms with Crippen molar-refractivity contribution in [2.45, 2.75) is 32.1 Å². The van der Waals surface area contributed by atoms with Crippen LogP contribution in [0.25, 0.3) is 0 Å². The van der Waals surface area contributed by atoms with E-state index in [1.807, 2.05) is 38.1 Å². The van der Waals surface area contributed by atoms with Crippen molar-refractivity contribution in [2.24, 2.45) is 5.73 Å². The fraction of sp³-hybridized carbons (Fsp3) is 0.533. The summed E-state index contributed by atoms with van der Waals surface area (Å²) in [6.45, 7) is 4.62. The van der Waals surface area contributed by atoms with E-state index >= 15 is 0 Å². The van der Waals surface area contributed by atoms with E-state index in [1.165, 1.54) is 0 Å². The lowest BCUT2D eigenvalue weighted by Gasteiger charge is -2.36. The Hall–Kier alpha value is -1.63. The van der Waals surface area contributed by atoms with Gasteiger partial charge in [-0.2, -0.15) is 0 Å². The number of nitrogens with one attached hydrogen (secondary N) is 1. The SMILES string of the molecule is CC1CN(C(=O)Nc2ccc(C(C)N)cc2)CC(CO)O1. The number of hydrogen-bond acceptors (Lipinski definition) is 4. The van der Waals surface area contributed by atoms with E-state index in [0.29, 0.717) is 13.1 Å². The van der Waals surface area contributed by atoms with Crippen LogP contribution in [-0.2, 0) is 4.74 Å². The minimum Gasteiger partial charge on any atom is -0.394 e. The number of nitrogens with zero attached hydrogens (tertiary/aromatic N) is 1. The van der Waals surface area contributed by atoms with Gasteiger partial charge in [0.1, 0.15) is 0 Å². The van der Waals surface area contributed by atoms with E-state index in [-0.39, 0.29) is 30.9 Å². The molecule has 116 valence electrons. The molecule has 2 rings (SSSR count). The van der Waals surface area contributed by atoms with Crippen LogP contribution < -0.4 is 11.1 Å². The topological polar surface area (TPSA) is 87.8 Å². The molecule has 0 aromatic heterocycles. The third-order valence-electron chi connectivity index (χ3n) is 3.50. The smallest absolute Gasteiger partial charge is 0.322 e. The zero-order chi connectivity index (χ0) is 15.4. The molecule has 0 aliphatic carbocycles. The van der Waals surface area contributed by atoms with Gasteiger partial charge in [-0.25, -0.2) is 4.79 Å². The average molecular weight is 293 g/mol. The lowest BCUT2D eigenvalue weighted by Crippen LogP contribution is -2.51. The maximum Gasteiger partial charge on any atom is 0.322 e. The number of benzene rings is 1. The summed E-state index contributed by atoms with van der Waals surface area (Å²) in [6, 6.07) is 7.27. The van der Waals surface area contributed by atoms with Crippen LogP contribution in [0, 0.1) is 0 Å². The summed E-state index contributed by atoms with van der Waals surface area (Å²) in [4.78, 5) is 13.9. The van der Waals surface area contributed by atoms with E-state index in [4.69, 9.17) is 10.5 Å². The van der Waals surface area contributed by atoms with Crippen LogP contribution >= 0.6 is 0 Å². The van der Waals surface area contributed by atoms with Crippen LogP contribution in [0.5, 0.6) is 0 Å². The number of hydrogen-bond donors (Lipinski definition) is 3. The Labute approximate surface area is 124 Å². The van der Waals surface area contributed by atoms with Gasteiger partial charge in [0.25, 0.3) is 0 Å². The summed E-state index contributed by atoms with van der Waals surface area (Å²) < 4.78 is 5.52. The first-order valence-corrected chi connectivity index (χ1v) is 7.17. The minimum atomic E-state index is -0.319. The highest BCUT2D eigenvalue weighted by molar-refractivity contribution is 5.89. The molecule has 1 aliphatic heterocycles. The molecular weight excluding hydrogens is 270 g/mol. The third-order valence-corrected chi connectivity index (χ3v) is 3.50. The van der Waals surface area contributed by atoms with Crippen LogP contribution in [0.1, 0.15) is 25.5 Å². The van der Waals surface area contributed by atoms with Gasteiger partial charge >= 0.3 is 6.03 Å². The highest BCUT2D eigenvalue weighted by Crippen LogP contribution is 2.16. The molecule has 4 N–H and O–H groups in total. The van der Waals surface area contributed by atoms with Crippen LogP contribution in [0.4, 0.5) is 10.5 Å². The minimum absolute atomic E-state index is 0.0276. The second-order valence-electron chi connectivity index (χ2n) is 5.50. The van der Waals surface area contributed by atoms with Crippen molar-refractivity contribution < 1.29 is 14.6 Å². The summed E-state index contributed by atoms with van der Waals surface area (Å²) in [5, 5.41) is 12.0. The summed E-state index contributed by atoms with van der Waals surface area (Å²) in [7, 11) is 0. The molecule has 0 saturated carbocycles. The van der Waals surface area contributed by atoms with E-state index in [9.17, 15) is 9.90 Å². The van der Waals surface area contributed by atoms with Crippen molar-refractivity contribution in [3.05, 3.63) is 29.8 Å². The highest BCUT2D eigenvalue weighted by Gasteiger charge is 2.27. The Bertz CT molecular complexity index is 476. The first-order valence-electron chi connectivity index (χ1n) is 7.17. The molecule has 0 spiro atoms. The number of ether oxygens (including phenoxy) is 1. The van der Waals surface area contributed by atoms with Crippen molar-refractivity contribution >= 4 is 11.7 Å². The number of aliphatic hydroxyl groups excluding tert-OH is 1. The summed E-state index contributed by atoms with van der Waals surface area (Å²) >= 11 is 0. The van der Waals surface area contributed by atoms with Crippen molar-refractivity contribution in [2.75, 3.05) is 25.0 Å². The molecule has 6 nitrogen and oxygen atoms in total. The number of anilines is 1. The molecule has 1 aromatic carbocycles. The van der Waals surface area contributed by atoms with Gasteiger partial charge in [0.2, 0.25) is 0 Å². The van der Waals surface area contributed by atoms with Gasteiger partial charge in [0, 0.05) is 18.3 Å². The molecule has 0 bridgehead atoms. The maximum atomic E-state index is 12.2. The van der Waals surface area contributed by atoms with Gasteiger partial charge in [0.05, 0.1) is 25.4 Å².